The summed E-state index contributed by atoms with van der Waals surface area (Å²) in [6, 6.07) is 60.4. The molecule has 0 saturated carbocycles. The van der Waals surface area contributed by atoms with Crippen LogP contribution in [0, 0.1) is 0 Å². The molecule has 7 aromatic carbocycles. The van der Waals surface area contributed by atoms with Gasteiger partial charge in [-0.2, -0.15) is 0 Å². The van der Waals surface area contributed by atoms with E-state index in [4.69, 9.17) is 19.4 Å². The number of hydrogen-bond donors (Lipinski definition) is 0. The average Bonchev–Trinajstić information content (AvgIpc) is 3.57. The summed E-state index contributed by atoms with van der Waals surface area (Å²) in [4.78, 5) is 15.0. The Morgan fingerprint density at radius 2 is 0.776 bits per heavy atom. The van der Waals surface area contributed by atoms with Crippen LogP contribution >= 0.6 is 0 Å². The Morgan fingerprint density at radius 1 is 0.306 bits per heavy atom. The number of rotatable bonds is 6. The fourth-order valence-corrected chi connectivity index (χ4v) is 6.48. The first kappa shape index (κ1) is 28.6. The van der Waals surface area contributed by atoms with E-state index in [9.17, 15) is 0 Å². The van der Waals surface area contributed by atoms with Crippen LogP contribution in [0.25, 0.3) is 89.5 Å². The van der Waals surface area contributed by atoms with Gasteiger partial charge in [0.1, 0.15) is 11.2 Å². The third-order valence-electron chi connectivity index (χ3n) is 8.93. The van der Waals surface area contributed by atoms with Gasteiger partial charge in [0.15, 0.2) is 17.5 Å². The predicted molar refractivity (Wildman–Crippen MR) is 200 cm³/mol. The molecular formula is C45H29N3O. The number of fused-ring (bicyclic) bond motifs is 3. The van der Waals surface area contributed by atoms with Crippen molar-refractivity contribution in [1.82, 2.24) is 15.0 Å². The van der Waals surface area contributed by atoms with Gasteiger partial charge in [0.05, 0.1) is 0 Å². The lowest BCUT2D eigenvalue weighted by atomic mass is 9.97. The molecule has 2 aromatic heterocycles. The molecular weight excluding hydrogens is 599 g/mol. The standard InChI is InChI=1S/C45H29N3O/c1-4-13-30(14-5-1)33-19-10-21-35(27-33)38-23-12-24-39-40-29-37(25-26-41(40)49-42(38)39)45-47-43(32-17-8-3-9-18-32)46-44(48-45)36-22-11-20-34(28-36)31-15-6-2-7-16-31/h1-29H. The Bertz CT molecular complexity index is 2590. The average molecular weight is 628 g/mol. The van der Waals surface area contributed by atoms with Gasteiger partial charge in [0, 0.05) is 33.0 Å². The molecule has 2 heterocycles. The lowest BCUT2D eigenvalue weighted by Crippen LogP contribution is -2.00. The van der Waals surface area contributed by atoms with Crippen LogP contribution in [-0.4, -0.2) is 15.0 Å². The lowest BCUT2D eigenvalue weighted by Gasteiger charge is -2.10. The zero-order valence-corrected chi connectivity index (χ0v) is 26.5. The summed E-state index contributed by atoms with van der Waals surface area (Å²) in [6.07, 6.45) is 0. The second kappa shape index (κ2) is 12.2. The number of furan rings is 1. The molecule has 0 amide bonds. The summed E-state index contributed by atoms with van der Waals surface area (Å²) in [7, 11) is 0. The molecule has 0 aliphatic rings. The van der Waals surface area contributed by atoms with Crippen LogP contribution in [0.3, 0.4) is 0 Å². The van der Waals surface area contributed by atoms with E-state index in [-0.39, 0.29) is 0 Å². The third-order valence-corrected chi connectivity index (χ3v) is 8.93. The number of benzene rings is 7. The number of hydrogen-bond acceptors (Lipinski definition) is 4. The van der Waals surface area contributed by atoms with Crippen LogP contribution in [0.5, 0.6) is 0 Å². The molecule has 9 rings (SSSR count). The van der Waals surface area contributed by atoms with Gasteiger partial charge in [0.2, 0.25) is 0 Å². The number of nitrogens with zero attached hydrogens (tertiary/aromatic N) is 3. The molecule has 0 saturated heterocycles. The van der Waals surface area contributed by atoms with E-state index in [1.54, 1.807) is 0 Å². The minimum Gasteiger partial charge on any atom is -0.455 e. The van der Waals surface area contributed by atoms with Crippen molar-refractivity contribution in [3.8, 4) is 67.5 Å². The van der Waals surface area contributed by atoms with Crippen molar-refractivity contribution < 1.29 is 4.42 Å². The molecule has 0 radical (unpaired) electrons. The predicted octanol–water partition coefficient (Wildman–Crippen LogP) is 11.8. The summed E-state index contributed by atoms with van der Waals surface area (Å²) < 4.78 is 6.56. The highest BCUT2D eigenvalue weighted by Gasteiger charge is 2.17. The molecule has 49 heavy (non-hydrogen) atoms. The van der Waals surface area contributed by atoms with Gasteiger partial charge in [-0.05, 0) is 58.1 Å². The zero-order chi connectivity index (χ0) is 32.6. The SMILES string of the molecule is c1ccc(-c2cccc(-c3nc(-c4ccccc4)nc(-c4ccc5oc6c(-c7cccc(-c8ccccc8)c7)cccc6c5c4)n3)c2)cc1. The lowest BCUT2D eigenvalue weighted by molar-refractivity contribution is 0.670. The molecule has 0 unspecified atom stereocenters. The molecule has 0 fully saturated rings. The van der Waals surface area contributed by atoms with Crippen molar-refractivity contribution >= 4 is 21.9 Å². The molecule has 9 aromatic rings. The quantitative estimate of drug-likeness (QED) is 0.184. The maximum Gasteiger partial charge on any atom is 0.164 e. The van der Waals surface area contributed by atoms with Gasteiger partial charge in [-0.15, -0.1) is 0 Å². The van der Waals surface area contributed by atoms with Gasteiger partial charge >= 0.3 is 0 Å². The van der Waals surface area contributed by atoms with E-state index in [1.807, 2.05) is 54.6 Å². The van der Waals surface area contributed by atoms with Gasteiger partial charge in [-0.3, -0.25) is 0 Å². The first-order chi connectivity index (χ1) is 24.3. The van der Waals surface area contributed by atoms with E-state index in [2.05, 4.69) is 121 Å². The Hall–Kier alpha value is -6.65. The van der Waals surface area contributed by atoms with Gasteiger partial charge < -0.3 is 4.42 Å². The van der Waals surface area contributed by atoms with E-state index in [0.717, 1.165) is 60.9 Å². The maximum atomic E-state index is 6.56. The Kier molecular flexibility index (Phi) is 7.10. The Labute approximate surface area is 284 Å². The van der Waals surface area contributed by atoms with Crippen LogP contribution in [0.2, 0.25) is 0 Å². The summed E-state index contributed by atoms with van der Waals surface area (Å²) in [5, 5.41) is 2.07. The van der Waals surface area contributed by atoms with Crippen LogP contribution in [0.4, 0.5) is 0 Å². The van der Waals surface area contributed by atoms with E-state index < -0.39 is 0 Å². The maximum absolute atomic E-state index is 6.56. The Morgan fingerprint density at radius 3 is 1.41 bits per heavy atom. The fourth-order valence-electron chi connectivity index (χ4n) is 6.48. The molecule has 4 nitrogen and oxygen atoms in total. The summed E-state index contributed by atoms with van der Waals surface area (Å²) in [6.45, 7) is 0. The molecule has 0 N–H and O–H groups in total. The van der Waals surface area contributed by atoms with Gasteiger partial charge in [0.25, 0.3) is 0 Å². The van der Waals surface area contributed by atoms with Crippen LogP contribution in [0.15, 0.2) is 180 Å². The van der Waals surface area contributed by atoms with E-state index in [0.29, 0.717) is 17.5 Å². The van der Waals surface area contributed by atoms with Crippen molar-refractivity contribution in [2.45, 2.75) is 0 Å². The second-order valence-electron chi connectivity index (χ2n) is 12.1. The van der Waals surface area contributed by atoms with Crippen LogP contribution in [0.1, 0.15) is 0 Å². The highest BCUT2D eigenvalue weighted by atomic mass is 16.3. The first-order valence-electron chi connectivity index (χ1n) is 16.4. The van der Waals surface area contributed by atoms with Crippen molar-refractivity contribution in [2.24, 2.45) is 0 Å². The molecule has 0 bridgehead atoms. The minimum absolute atomic E-state index is 0.608. The van der Waals surface area contributed by atoms with E-state index >= 15 is 0 Å². The van der Waals surface area contributed by atoms with Crippen molar-refractivity contribution in [3.05, 3.63) is 176 Å². The van der Waals surface area contributed by atoms with Crippen molar-refractivity contribution in [3.63, 3.8) is 0 Å². The molecule has 0 aliphatic carbocycles. The number of para-hydroxylation sites is 1. The van der Waals surface area contributed by atoms with Gasteiger partial charge in [-0.1, -0.05) is 146 Å². The summed E-state index contributed by atoms with van der Waals surface area (Å²) in [5.74, 6) is 1.86. The second-order valence-corrected chi connectivity index (χ2v) is 12.1. The largest absolute Gasteiger partial charge is 0.455 e. The topological polar surface area (TPSA) is 51.8 Å². The molecule has 0 aliphatic heterocycles. The monoisotopic (exact) mass is 627 g/mol. The highest BCUT2D eigenvalue weighted by molar-refractivity contribution is 6.10. The molecule has 0 atom stereocenters. The normalized spacial score (nSPS) is 11.3. The van der Waals surface area contributed by atoms with Gasteiger partial charge in [-0.25, -0.2) is 15.0 Å². The van der Waals surface area contributed by atoms with Crippen LogP contribution in [-0.2, 0) is 0 Å². The van der Waals surface area contributed by atoms with Crippen molar-refractivity contribution in [1.29, 1.82) is 0 Å². The molecule has 4 heteroatoms. The highest BCUT2D eigenvalue weighted by Crippen LogP contribution is 2.38. The summed E-state index contributed by atoms with van der Waals surface area (Å²) in [5.41, 5.74) is 11.2. The molecule has 0 spiro atoms. The minimum atomic E-state index is 0.608. The third kappa shape index (κ3) is 5.45. The number of aromatic nitrogens is 3. The molecule has 230 valence electrons. The zero-order valence-electron chi connectivity index (χ0n) is 26.5. The van der Waals surface area contributed by atoms with E-state index in [1.165, 1.54) is 11.1 Å². The summed E-state index contributed by atoms with van der Waals surface area (Å²) >= 11 is 0. The van der Waals surface area contributed by atoms with Crippen LogP contribution < -0.4 is 0 Å². The fraction of sp³-hybridized carbons (Fsp3) is 0. The van der Waals surface area contributed by atoms with Crippen molar-refractivity contribution in [2.75, 3.05) is 0 Å². The Balaban J connectivity index is 1.17. The first-order valence-corrected chi connectivity index (χ1v) is 16.4. The smallest absolute Gasteiger partial charge is 0.164 e.